The Balaban J connectivity index is 2.67. The zero-order valence-corrected chi connectivity index (χ0v) is 16.8. The Labute approximate surface area is 150 Å². The summed E-state index contributed by atoms with van der Waals surface area (Å²) in [5.74, 6) is 5.51. The van der Waals surface area contributed by atoms with Crippen molar-refractivity contribution in [3.05, 3.63) is 27.7 Å². The summed E-state index contributed by atoms with van der Waals surface area (Å²) in [5, 5.41) is 4.22. The summed E-state index contributed by atoms with van der Waals surface area (Å²) in [6.07, 6.45) is 0.644. The zero-order chi connectivity index (χ0) is 18.9. The highest BCUT2D eigenvalue weighted by molar-refractivity contribution is 6.76. The van der Waals surface area contributed by atoms with Crippen molar-refractivity contribution >= 4 is 14.0 Å². The molecule has 0 aromatic carbocycles. The first-order valence-corrected chi connectivity index (χ1v) is 12.2. The van der Waals surface area contributed by atoms with Gasteiger partial charge in [0, 0.05) is 26.7 Å². The van der Waals surface area contributed by atoms with E-state index in [0.29, 0.717) is 30.9 Å². The summed E-state index contributed by atoms with van der Waals surface area (Å²) >= 11 is 0. The lowest BCUT2D eigenvalue weighted by Crippen LogP contribution is -2.28. The molecule has 0 unspecified atom stereocenters. The van der Waals surface area contributed by atoms with Gasteiger partial charge in [0.25, 0.3) is 5.56 Å². The van der Waals surface area contributed by atoms with Crippen molar-refractivity contribution < 1.29 is 14.3 Å². The first kappa shape index (κ1) is 21.1. The Bertz CT molecular complexity index is 696. The average Bonchev–Trinajstić information content (AvgIpc) is 2.51. The van der Waals surface area contributed by atoms with E-state index in [9.17, 15) is 9.59 Å². The van der Waals surface area contributed by atoms with Gasteiger partial charge < -0.3 is 9.47 Å². The Hall–Kier alpha value is -1.91. The van der Waals surface area contributed by atoms with E-state index >= 15 is 0 Å². The largest absolute Gasteiger partial charge is 0.466 e. The molecule has 1 aromatic rings. The molecule has 0 aliphatic rings. The van der Waals surface area contributed by atoms with Crippen LogP contribution in [0, 0.1) is 18.8 Å². The molecular formula is C18H28N2O4Si. The molecule has 138 valence electrons. The molecule has 0 N–H and O–H groups in total. The van der Waals surface area contributed by atoms with Crippen LogP contribution in [-0.2, 0) is 21.0 Å². The van der Waals surface area contributed by atoms with Crippen LogP contribution in [0.25, 0.3) is 0 Å². The molecule has 0 bridgehead atoms. The van der Waals surface area contributed by atoms with Gasteiger partial charge in [-0.15, -0.1) is 0 Å². The van der Waals surface area contributed by atoms with Gasteiger partial charge in [0.1, 0.15) is 12.4 Å². The SMILES string of the molecule is CCOC(=O)CCC#Cc1cc(C)c(=O)n(COCC[Si](C)(C)C)n1. The summed E-state index contributed by atoms with van der Waals surface area (Å²) in [5.41, 5.74) is 0.887. The predicted octanol–water partition coefficient (Wildman–Crippen LogP) is 2.56. The van der Waals surface area contributed by atoms with Gasteiger partial charge in [-0.2, -0.15) is 5.10 Å². The number of carbonyl (C=O) groups excluding carboxylic acids is 1. The molecule has 25 heavy (non-hydrogen) atoms. The van der Waals surface area contributed by atoms with Crippen molar-refractivity contribution in [3.8, 4) is 11.8 Å². The van der Waals surface area contributed by atoms with Gasteiger partial charge in [-0.05, 0) is 31.9 Å². The quantitative estimate of drug-likeness (QED) is 0.307. The van der Waals surface area contributed by atoms with Crippen LogP contribution in [0.4, 0.5) is 0 Å². The lowest BCUT2D eigenvalue weighted by atomic mass is 10.2. The molecule has 0 spiro atoms. The Morgan fingerprint density at radius 2 is 2.08 bits per heavy atom. The van der Waals surface area contributed by atoms with Crippen molar-refractivity contribution in [2.24, 2.45) is 0 Å². The molecule has 0 aliphatic heterocycles. The first-order valence-electron chi connectivity index (χ1n) is 8.54. The standard InChI is InChI=1S/C18H28N2O4Si/c1-6-24-17(21)10-8-7-9-16-13-15(2)18(22)20(19-16)14-23-11-12-25(3,4)5/h13H,6,8,10-12,14H2,1-5H3. The highest BCUT2D eigenvalue weighted by Crippen LogP contribution is 2.07. The van der Waals surface area contributed by atoms with Gasteiger partial charge in [0.15, 0.2) is 0 Å². The average molecular weight is 365 g/mol. The van der Waals surface area contributed by atoms with E-state index in [4.69, 9.17) is 9.47 Å². The fraction of sp³-hybridized carbons (Fsp3) is 0.611. The molecule has 0 fully saturated rings. The summed E-state index contributed by atoms with van der Waals surface area (Å²) in [4.78, 5) is 23.4. The highest BCUT2D eigenvalue weighted by Gasteiger charge is 2.12. The van der Waals surface area contributed by atoms with Crippen LogP contribution in [0.3, 0.4) is 0 Å². The molecule has 0 saturated carbocycles. The Morgan fingerprint density at radius 3 is 2.72 bits per heavy atom. The van der Waals surface area contributed by atoms with Crippen LogP contribution in [0.2, 0.25) is 25.7 Å². The maximum Gasteiger partial charge on any atom is 0.306 e. The molecule has 0 amide bonds. The molecule has 0 aliphatic carbocycles. The monoisotopic (exact) mass is 364 g/mol. The zero-order valence-electron chi connectivity index (χ0n) is 15.8. The number of esters is 1. The molecule has 0 saturated heterocycles. The van der Waals surface area contributed by atoms with E-state index in [1.807, 2.05) is 0 Å². The van der Waals surface area contributed by atoms with E-state index in [0.717, 1.165) is 6.04 Å². The van der Waals surface area contributed by atoms with Crippen molar-refractivity contribution in [1.82, 2.24) is 9.78 Å². The van der Waals surface area contributed by atoms with Gasteiger partial charge in [0.2, 0.25) is 0 Å². The number of hydrogen-bond acceptors (Lipinski definition) is 5. The van der Waals surface area contributed by atoms with Crippen LogP contribution in [0.5, 0.6) is 0 Å². The lowest BCUT2D eigenvalue weighted by molar-refractivity contribution is -0.142. The van der Waals surface area contributed by atoms with E-state index < -0.39 is 8.07 Å². The van der Waals surface area contributed by atoms with Crippen LogP contribution in [-0.4, -0.2) is 37.0 Å². The number of rotatable bonds is 8. The second-order valence-corrected chi connectivity index (χ2v) is 12.6. The fourth-order valence-corrected chi connectivity index (χ4v) is 2.66. The molecule has 0 radical (unpaired) electrons. The van der Waals surface area contributed by atoms with Crippen molar-refractivity contribution in [1.29, 1.82) is 0 Å². The molecule has 1 heterocycles. The second-order valence-electron chi connectivity index (χ2n) is 6.97. The van der Waals surface area contributed by atoms with Crippen LogP contribution in [0.1, 0.15) is 31.0 Å². The van der Waals surface area contributed by atoms with Gasteiger partial charge in [-0.3, -0.25) is 9.59 Å². The Morgan fingerprint density at radius 1 is 1.36 bits per heavy atom. The number of hydrogen-bond donors (Lipinski definition) is 0. The summed E-state index contributed by atoms with van der Waals surface area (Å²) in [6, 6.07) is 2.69. The number of carbonyl (C=O) groups is 1. The third-order valence-electron chi connectivity index (χ3n) is 3.34. The third-order valence-corrected chi connectivity index (χ3v) is 5.04. The van der Waals surface area contributed by atoms with Gasteiger partial charge in [-0.1, -0.05) is 25.6 Å². The van der Waals surface area contributed by atoms with Gasteiger partial charge >= 0.3 is 5.97 Å². The van der Waals surface area contributed by atoms with Crippen LogP contribution in [0.15, 0.2) is 10.9 Å². The molecule has 1 aromatic heterocycles. The lowest BCUT2D eigenvalue weighted by Gasteiger charge is -2.15. The van der Waals surface area contributed by atoms with Crippen molar-refractivity contribution in [2.75, 3.05) is 13.2 Å². The smallest absolute Gasteiger partial charge is 0.306 e. The van der Waals surface area contributed by atoms with E-state index in [2.05, 4.69) is 36.6 Å². The van der Waals surface area contributed by atoms with Gasteiger partial charge in [-0.25, -0.2) is 4.68 Å². The first-order chi connectivity index (χ1) is 11.7. The predicted molar refractivity (Wildman–Crippen MR) is 100 cm³/mol. The molecular weight excluding hydrogens is 336 g/mol. The fourth-order valence-electron chi connectivity index (χ4n) is 1.90. The number of aryl methyl sites for hydroxylation is 1. The molecule has 0 atom stereocenters. The summed E-state index contributed by atoms with van der Waals surface area (Å²) in [6.45, 7) is 11.4. The van der Waals surface area contributed by atoms with Crippen molar-refractivity contribution in [2.45, 2.75) is 59.1 Å². The van der Waals surface area contributed by atoms with Gasteiger partial charge in [0.05, 0.1) is 13.0 Å². The second kappa shape index (κ2) is 10.2. The maximum atomic E-state index is 12.1. The minimum Gasteiger partial charge on any atom is -0.466 e. The minimum absolute atomic E-state index is 0.127. The van der Waals surface area contributed by atoms with E-state index in [1.165, 1.54) is 4.68 Å². The maximum absolute atomic E-state index is 12.1. The summed E-state index contributed by atoms with van der Waals surface area (Å²) < 4.78 is 11.7. The summed E-state index contributed by atoms with van der Waals surface area (Å²) in [7, 11) is -1.16. The van der Waals surface area contributed by atoms with Crippen LogP contribution < -0.4 is 5.56 Å². The topological polar surface area (TPSA) is 70.4 Å². The van der Waals surface area contributed by atoms with E-state index in [1.54, 1.807) is 19.9 Å². The number of aromatic nitrogens is 2. The number of ether oxygens (including phenoxy) is 2. The molecule has 6 nitrogen and oxygen atoms in total. The third kappa shape index (κ3) is 8.66. The molecule has 7 heteroatoms. The minimum atomic E-state index is -1.16. The van der Waals surface area contributed by atoms with Crippen LogP contribution >= 0.6 is 0 Å². The number of nitrogens with zero attached hydrogens (tertiary/aromatic N) is 2. The Kier molecular flexibility index (Phi) is 8.59. The highest BCUT2D eigenvalue weighted by atomic mass is 28.3. The van der Waals surface area contributed by atoms with E-state index in [-0.39, 0.29) is 24.7 Å². The van der Waals surface area contributed by atoms with Crippen molar-refractivity contribution in [3.63, 3.8) is 0 Å². The normalized spacial score (nSPS) is 10.9. The molecule has 1 rings (SSSR count).